The van der Waals surface area contributed by atoms with Gasteiger partial charge in [-0.2, -0.15) is 0 Å². The van der Waals surface area contributed by atoms with Gasteiger partial charge in [0.2, 0.25) is 0 Å². The molecule has 0 amide bonds. The Morgan fingerprint density at radius 2 is 2.29 bits per heavy atom. The molecule has 72 valence electrons. The number of hydrogen-bond donors (Lipinski definition) is 1. The molecule has 2 heteroatoms. The topological polar surface area (TPSA) is 37.3 Å². The molecule has 2 rings (SSSR count). The Balaban J connectivity index is 2.43. The number of fused-ring (bicyclic) bond motifs is 1. The van der Waals surface area contributed by atoms with Crippen LogP contribution in [0.3, 0.4) is 0 Å². The first-order valence-corrected chi connectivity index (χ1v) is 4.76. The molecule has 0 spiro atoms. The summed E-state index contributed by atoms with van der Waals surface area (Å²) in [5.74, 6) is -1.22. The molecule has 1 unspecified atom stereocenters. The SMILES string of the molecule is CCc1ccc2c(c1)C=CC2C(=O)O. The van der Waals surface area contributed by atoms with Crippen LogP contribution in [0.15, 0.2) is 24.3 Å². The highest BCUT2D eigenvalue weighted by atomic mass is 16.4. The minimum absolute atomic E-state index is 0.448. The molecule has 0 fully saturated rings. The standard InChI is InChI=1S/C12H12O2/c1-2-8-3-5-10-9(7-8)4-6-11(10)12(13)14/h3-7,11H,2H2,1H3,(H,13,14). The summed E-state index contributed by atoms with van der Waals surface area (Å²) in [7, 11) is 0. The third-order valence-corrected chi connectivity index (χ3v) is 2.63. The maximum atomic E-state index is 10.9. The summed E-state index contributed by atoms with van der Waals surface area (Å²) < 4.78 is 0. The predicted octanol–water partition coefficient (Wildman–Crippen LogP) is 2.44. The number of benzene rings is 1. The Morgan fingerprint density at radius 3 is 2.93 bits per heavy atom. The van der Waals surface area contributed by atoms with E-state index in [9.17, 15) is 4.79 Å². The number of carboxylic acids is 1. The Bertz CT molecular complexity index is 405. The van der Waals surface area contributed by atoms with Gasteiger partial charge in [0.25, 0.3) is 0 Å². The third kappa shape index (κ3) is 1.33. The third-order valence-electron chi connectivity index (χ3n) is 2.63. The number of aryl methyl sites for hydroxylation is 1. The van der Waals surface area contributed by atoms with Crippen LogP contribution in [0.1, 0.15) is 29.5 Å². The second-order valence-corrected chi connectivity index (χ2v) is 3.49. The van der Waals surface area contributed by atoms with Gasteiger partial charge in [0, 0.05) is 0 Å². The van der Waals surface area contributed by atoms with Gasteiger partial charge in [-0.05, 0) is 23.1 Å². The van der Waals surface area contributed by atoms with Crippen LogP contribution in [0.4, 0.5) is 0 Å². The second kappa shape index (κ2) is 3.29. The molecule has 0 saturated carbocycles. The highest BCUT2D eigenvalue weighted by Gasteiger charge is 2.23. The summed E-state index contributed by atoms with van der Waals surface area (Å²) in [6.07, 6.45) is 4.62. The lowest BCUT2D eigenvalue weighted by atomic mass is 9.98. The van der Waals surface area contributed by atoms with E-state index in [0.717, 1.165) is 17.5 Å². The molecular formula is C12H12O2. The van der Waals surface area contributed by atoms with E-state index in [0.29, 0.717) is 0 Å². The fourth-order valence-electron chi connectivity index (χ4n) is 1.79. The fraction of sp³-hybridized carbons (Fsp3) is 0.250. The van der Waals surface area contributed by atoms with E-state index in [1.165, 1.54) is 5.56 Å². The number of carboxylic acid groups (broad SMARTS) is 1. The maximum Gasteiger partial charge on any atom is 0.314 e. The summed E-state index contributed by atoms with van der Waals surface area (Å²) in [5.41, 5.74) is 3.21. The smallest absolute Gasteiger partial charge is 0.314 e. The van der Waals surface area contributed by atoms with Gasteiger partial charge < -0.3 is 5.11 Å². The number of carbonyl (C=O) groups is 1. The molecule has 2 nitrogen and oxygen atoms in total. The van der Waals surface area contributed by atoms with Crippen molar-refractivity contribution in [2.75, 3.05) is 0 Å². The average molecular weight is 188 g/mol. The van der Waals surface area contributed by atoms with Crippen molar-refractivity contribution in [1.29, 1.82) is 0 Å². The lowest BCUT2D eigenvalue weighted by Gasteiger charge is -2.06. The average Bonchev–Trinajstić information content (AvgIpc) is 2.59. The van der Waals surface area contributed by atoms with Crippen LogP contribution in [0.2, 0.25) is 0 Å². The maximum absolute atomic E-state index is 10.9. The van der Waals surface area contributed by atoms with E-state index in [2.05, 4.69) is 13.0 Å². The molecule has 0 heterocycles. The first-order valence-electron chi connectivity index (χ1n) is 4.76. The van der Waals surface area contributed by atoms with Gasteiger partial charge in [-0.3, -0.25) is 4.79 Å². The normalized spacial score (nSPS) is 18.2. The van der Waals surface area contributed by atoms with Gasteiger partial charge in [-0.1, -0.05) is 37.3 Å². The Kier molecular flexibility index (Phi) is 2.12. The molecule has 0 aliphatic heterocycles. The van der Waals surface area contributed by atoms with Gasteiger partial charge in [0.05, 0.1) is 0 Å². The molecule has 14 heavy (non-hydrogen) atoms. The van der Waals surface area contributed by atoms with Gasteiger partial charge in [-0.25, -0.2) is 0 Å². The fourth-order valence-corrected chi connectivity index (χ4v) is 1.79. The molecule has 0 aromatic heterocycles. The summed E-state index contributed by atoms with van der Waals surface area (Å²) >= 11 is 0. The lowest BCUT2D eigenvalue weighted by molar-refractivity contribution is -0.137. The molecule has 1 aliphatic carbocycles. The summed E-state index contributed by atoms with van der Waals surface area (Å²) in [6.45, 7) is 2.09. The lowest BCUT2D eigenvalue weighted by Crippen LogP contribution is -2.07. The number of rotatable bonds is 2. The van der Waals surface area contributed by atoms with Gasteiger partial charge >= 0.3 is 5.97 Å². The zero-order valence-corrected chi connectivity index (χ0v) is 8.03. The first-order chi connectivity index (χ1) is 6.72. The monoisotopic (exact) mass is 188 g/mol. The minimum atomic E-state index is -0.774. The number of aliphatic carboxylic acids is 1. The van der Waals surface area contributed by atoms with E-state index >= 15 is 0 Å². The zero-order valence-electron chi connectivity index (χ0n) is 8.03. The molecule has 0 saturated heterocycles. The van der Waals surface area contributed by atoms with Crippen LogP contribution in [0.5, 0.6) is 0 Å². The summed E-state index contributed by atoms with van der Waals surface area (Å²) in [5, 5.41) is 8.94. The van der Waals surface area contributed by atoms with Gasteiger partial charge in [0.15, 0.2) is 0 Å². The highest BCUT2D eigenvalue weighted by Crippen LogP contribution is 2.30. The van der Waals surface area contributed by atoms with Crippen molar-refractivity contribution >= 4 is 12.0 Å². The first kappa shape index (κ1) is 9.00. The van der Waals surface area contributed by atoms with E-state index in [-0.39, 0.29) is 0 Å². The van der Waals surface area contributed by atoms with Crippen molar-refractivity contribution in [2.45, 2.75) is 19.3 Å². The molecule has 1 aromatic carbocycles. The van der Waals surface area contributed by atoms with Crippen LogP contribution in [-0.2, 0) is 11.2 Å². The zero-order chi connectivity index (χ0) is 10.1. The van der Waals surface area contributed by atoms with Gasteiger partial charge in [0.1, 0.15) is 5.92 Å². The van der Waals surface area contributed by atoms with Crippen LogP contribution in [0, 0.1) is 0 Å². The molecule has 1 aliphatic rings. The van der Waals surface area contributed by atoms with E-state index in [1.807, 2.05) is 18.2 Å². The quantitative estimate of drug-likeness (QED) is 0.774. The van der Waals surface area contributed by atoms with E-state index < -0.39 is 11.9 Å². The summed E-state index contributed by atoms with van der Waals surface area (Å²) in [6, 6.07) is 5.99. The Hall–Kier alpha value is -1.57. The van der Waals surface area contributed by atoms with E-state index in [1.54, 1.807) is 6.08 Å². The Morgan fingerprint density at radius 1 is 1.50 bits per heavy atom. The largest absolute Gasteiger partial charge is 0.481 e. The second-order valence-electron chi connectivity index (χ2n) is 3.49. The van der Waals surface area contributed by atoms with Crippen LogP contribution < -0.4 is 0 Å². The van der Waals surface area contributed by atoms with Crippen molar-refractivity contribution in [2.24, 2.45) is 0 Å². The predicted molar refractivity (Wildman–Crippen MR) is 55.2 cm³/mol. The van der Waals surface area contributed by atoms with Crippen LogP contribution in [0.25, 0.3) is 6.08 Å². The molecule has 0 radical (unpaired) electrons. The van der Waals surface area contributed by atoms with Crippen LogP contribution >= 0.6 is 0 Å². The van der Waals surface area contributed by atoms with Crippen molar-refractivity contribution < 1.29 is 9.90 Å². The Labute approximate surface area is 82.9 Å². The van der Waals surface area contributed by atoms with Crippen molar-refractivity contribution in [3.8, 4) is 0 Å². The van der Waals surface area contributed by atoms with Crippen molar-refractivity contribution in [1.82, 2.24) is 0 Å². The van der Waals surface area contributed by atoms with Gasteiger partial charge in [-0.15, -0.1) is 0 Å². The molecule has 1 N–H and O–H groups in total. The highest BCUT2D eigenvalue weighted by molar-refractivity contribution is 5.85. The van der Waals surface area contributed by atoms with Crippen molar-refractivity contribution in [3.63, 3.8) is 0 Å². The summed E-state index contributed by atoms with van der Waals surface area (Å²) in [4.78, 5) is 10.9. The van der Waals surface area contributed by atoms with E-state index in [4.69, 9.17) is 5.11 Å². The molecule has 1 atom stereocenters. The number of hydrogen-bond acceptors (Lipinski definition) is 1. The molecular weight excluding hydrogens is 176 g/mol. The minimum Gasteiger partial charge on any atom is -0.481 e. The van der Waals surface area contributed by atoms with Crippen LogP contribution in [-0.4, -0.2) is 11.1 Å². The molecule has 1 aromatic rings. The van der Waals surface area contributed by atoms with Crippen molar-refractivity contribution in [3.05, 3.63) is 41.0 Å². The molecule has 0 bridgehead atoms.